The second-order valence-corrected chi connectivity index (χ2v) is 6.06. The lowest BCUT2D eigenvalue weighted by atomic mass is 10.2. The average molecular weight is 323 g/mol. The zero-order valence-corrected chi connectivity index (χ0v) is 13.6. The first-order valence-electron chi connectivity index (χ1n) is 7.43. The van der Waals surface area contributed by atoms with Crippen molar-refractivity contribution in [1.29, 1.82) is 0 Å². The SMILES string of the molecule is Cc1ccc(C(=O)NCCc2csc(-c3ccccc3)n2)cn1. The summed E-state index contributed by atoms with van der Waals surface area (Å²) in [4.78, 5) is 20.8. The third-order valence-corrected chi connectivity index (χ3v) is 4.35. The molecule has 3 aromatic rings. The lowest BCUT2D eigenvalue weighted by Gasteiger charge is -2.04. The molecule has 0 radical (unpaired) electrons. The van der Waals surface area contributed by atoms with Crippen LogP contribution in [0.15, 0.2) is 54.0 Å². The number of carbonyl (C=O) groups is 1. The van der Waals surface area contributed by atoms with Gasteiger partial charge in [0.25, 0.3) is 5.91 Å². The molecule has 0 bridgehead atoms. The number of rotatable bonds is 5. The van der Waals surface area contributed by atoms with Crippen LogP contribution in [0.5, 0.6) is 0 Å². The summed E-state index contributed by atoms with van der Waals surface area (Å²) in [5.41, 5.74) is 3.60. The summed E-state index contributed by atoms with van der Waals surface area (Å²) in [6, 6.07) is 13.7. The van der Waals surface area contributed by atoms with E-state index in [9.17, 15) is 4.79 Å². The van der Waals surface area contributed by atoms with Gasteiger partial charge < -0.3 is 5.32 Å². The van der Waals surface area contributed by atoms with E-state index < -0.39 is 0 Å². The highest BCUT2D eigenvalue weighted by molar-refractivity contribution is 7.13. The number of hydrogen-bond donors (Lipinski definition) is 1. The molecular weight excluding hydrogens is 306 g/mol. The van der Waals surface area contributed by atoms with Crippen molar-refractivity contribution in [3.8, 4) is 10.6 Å². The van der Waals surface area contributed by atoms with Gasteiger partial charge in [-0.2, -0.15) is 0 Å². The van der Waals surface area contributed by atoms with E-state index in [1.807, 2.05) is 36.6 Å². The standard InChI is InChI=1S/C18H17N3OS/c1-13-7-8-15(11-20-13)17(22)19-10-9-16-12-23-18(21-16)14-5-3-2-4-6-14/h2-8,11-12H,9-10H2,1H3,(H,19,22). The maximum Gasteiger partial charge on any atom is 0.252 e. The summed E-state index contributed by atoms with van der Waals surface area (Å²) >= 11 is 1.63. The summed E-state index contributed by atoms with van der Waals surface area (Å²) in [5, 5.41) is 5.95. The van der Waals surface area contributed by atoms with E-state index >= 15 is 0 Å². The number of pyridine rings is 1. The zero-order chi connectivity index (χ0) is 16.1. The predicted molar refractivity (Wildman–Crippen MR) is 92.6 cm³/mol. The van der Waals surface area contributed by atoms with Gasteiger partial charge in [0.1, 0.15) is 5.01 Å². The minimum absolute atomic E-state index is 0.101. The highest BCUT2D eigenvalue weighted by Gasteiger charge is 2.07. The first-order valence-corrected chi connectivity index (χ1v) is 8.31. The van der Waals surface area contributed by atoms with Crippen LogP contribution in [0, 0.1) is 6.92 Å². The van der Waals surface area contributed by atoms with Crippen molar-refractivity contribution in [2.45, 2.75) is 13.3 Å². The van der Waals surface area contributed by atoms with Crippen molar-refractivity contribution in [3.05, 3.63) is 71.0 Å². The fourth-order valence-electron chi connectivity index (χ4n) is 2.14. The Kier molecular flexibility index (Phi) is 4.78. The third-order valence-electron chi connectivity index (χ3n) is 3.41. The zero-order valence-electron chi connectivity index (χ0n) is 12.8. The van der Waals surface area contributed by atoms with Gasteiger partial charge in [0.15, 0.2) is 0 Å². The Morgan fingerprint density at radius 3 is 2.74 bits per heavy atom. The van der Waals surface area contributed by atoms with Gasteiger partial charge in [0.05, 0.1) is 11.3 Å². The summed E-state index contributed by atoms with van der Waals surface area (Å²) in [6.45, 7) is 2.46. The molecule has 2 aromatic heterocycles. The predicted octanol–water partition coefficient (Wildman–Crippen LogP) is 3.49. The Morgan fingerprint density at radius 1 is 1.17 bits per heavy atom. The van der Waals surface area contributed by atoms with Crippen LogP contribution in [0.4, 0.5) is 0 Å². The number of thiazole rings is 1. The Labute approximate surface area is 139 Å². The minimum atomic E-state index is -0.101. The number of hydrogen-bond acceptors (Lipinski definition) is 4. The molecule has 23 heavy (non-hydrogen) atoms. The molecule has 0 saturated carbocycles. The molecule has 0 spiro atoms. The van der Waals surface area contributed by atoms with E-state index in [2.05, 4.69) is 27.4 Å². The molecule has 3 rings (SSSR count). The quantitative estimate of drug-likeness (QED) is 0.782. The molecule has 0 unspecified atom stereocenters. The van der Waals surface area contributed by atoms with Gasteiger partial charge in [0.2, 0.25) is 0 Å². The van der Waals surface area contributed by atoms with E-state index in [-0.39, 0.29) is 5.91 Å². The second-order valence-electron chi connectivity index (χ2n) is 5.20. The third kappa shape index (κ3) is 4.02. The van der Waals surface area contributed by atoms with Crippen molar-refractivity contribution >= 4 is 17.2 Å². The molecule has 0 aliphatic rings. The minimum Gasteiger partial charge on any atom is -0.352 e. The lowest BCUT2D eigenvalue weighted by molar-refractivity contribution is 0.0953. The van der Waals surface area contributed by atoms with Gasteiger partial charge >= 0.3 is 0 Å². The second kappa shape index (κ2) is 7.15. The van der Waals surface area contributed by atoms with Gasteiger partial charge in [-0.15, -0.1) is 11.3 Å². The fraction of sp³-hybridized carbons (Fsp3) is 0.167. The highest BCUT2D eigenvalue weighted by Crippen LogP contribution is 2.23. The molecule has 0 atom stereocenters. The number of aromatic nitrogens is 2. The van der Waals surface area contributed by atoms with Crippen LogP contribution < -0.4 is 5.32 Å². The molecule has 0 saturated heterocycles. The molecule has 1 N–H and O–H groups in total. The fourth-order valence-corrected chi connectivity index (χ4v) is 3.00. The molecule has 0 aliphatic heterocycles. The number of benzene rings is 1. The molecule has 2 heterocycles. The van der Waals surface area contributed by atoms with Gasteiger partial charge in [0, 0.05) is 35.8 Å². The summed E-state index contributed by atoms with van der Waals surface area (Å²) in [5.74, 6) is -0.101. The van der Waals surface area contributed by atoms with Crippen molar-refractivity contribution in [2.24, 2.45) is 0 Å². The van der Waals surface area contributed by atoms with Crippen molar-refractivity contribution in [3.63, 3.8) is 0 Å². The van der Waals surface area contributed by atoms with E-state index in [1.54, 1.807) is 23.6 Å². The molecular formula is C18H17N3OS. The van der Waals surface area contributed by atoms with Gasteiger partial charge in [-0.25, -0.2) is 4.98 Å². The number of nitrogens with zero attached hydrogens (tertiary/aromatic N) is 2. The number of carbonyl (C=O) groups excluding carboxylic acids is 1. The Morgan fingerprint density at radius 2 is 2.00 bits per heavy atom. The van der Waals surface area contributed by atoms with Crippen LogP contribution in [-0.2, 0) is 6.42 Å². The molecule has 1 aromatic carbocycles. The van der Waals surface area contributed by atoms with E-state index in [4.69, 9.17) is 0 Å². The van der Waals surface area contributed by atoms with E-state index in [0.717, 1.165) is 22.0 Å². The van der Waals surface area contributed by atoms with Crippen LogP contribution in [0.25, 0.3) is 10.6 Å². The van der Waals surface area contributed by atoms with Crippen LogP contribution in [0.1, 0.15) is 21.7 Å². The van der Waals surface area contributed by atoms with E-state index in [1.165, 1.54) is 0 Å². The summed E-state index contributed by atoms with van der Waals surface area (Å²) < 4.78 is 0. The molecule has 5 heteroatoms. The van der Waals surface area contributed by atoms with Gasteiger partial charge in [-0.05, 0) is 19.1 Å². The van der Waals surface area contributed by atoms with Crippen LogP contribution in [-0.4, -0.2) is 22.4 Å². The van der Waals surface area contributed by atoms with Crippen LogP contribution >= 0.6 is 11.3 Å². The lowest BCUT2D eigenvalue weighted by Crippen LogP contribution is -2.25. The van der Waals surface area contributed by atoms with Crippen molar-refractivity contribution in [2.75, 3.05) is 6.54 Å². The number of nitrogens with one attached hydrogen (secondary N) is 1. The van der Waals surface area contributed by atoms with Gasteiger partial charge in [-0.1, -0.05) is 30.3 Å². The summed E-state index contributed by atoms with van der Waals surface area (Å²) in [7, 11) is 0. The average Bonchev–Trinajstić information content (AvgIpc) is 3.05. The maximum absolute atomic E-state index is 12.0. The van der Waals surface area contributed by atoms with E-state index in [0.29, 0.717) is 18.5 Å². The molecule has 0 aliphatic carbocycles. The smallest absolute Gasteiger partial charge is 0.252 e. The molecule has 0 fully saturated rings. The topological polar surface area (TPSA) is 54.9 Å². The maximum atomic E-state index is 12.0. The molecule has 1 amide bonds. The molecule has 116 valence electrons. The number of amides is 1. The monoisotopic (exact) mass is 323 g/mol. The normalized spacial score (nSPS) is 10.5. The molecule has 4 nitrogen and oxygen atoms in total. The number of aryl methyl sites for hydroxylation is 1. The Balaban J connectivity index is 1.54. The highest BCUT2D eigenvalue weighted by atomic mass is 32.1. The first-order chi connectivity index (χ1) is 11.2. The largest absolute Gasteiger partial charge is 0.352 e. The van der Waals surface area contributed by atoms with Crippen LogP contribution in [0.3, 0.4) is 0 Å². The Bertz CT molecular complexity index is 782. The summed E-state index contributed by atoms with van der Waals surface area (Å²) in [6.07, 6.45) is 2.31. The van der Waals surface area contributed by atoms with Crippen molar-refractivity contribution < 1.29 is 4.79 Å². The first kappa shape index (κ1) is 15.4. The van der Waals surface area contributed by atoms with Crippen molar-refractivity contribution in [1.82, 2.24) is 15.3 Å². The Hall–Kier alpha value is -2.53. The van der Waals surface area contributed by atoms with Crippen LogP contribution in [0.2, 0.25) is 0 Å². The van der Waals surface area contributed by atoms with Gasteiger partial charge in [-0.3, -0.25) is 9.78 Å².